The number of carbonyl (C=O) groups excluding carboxylic acids is 1. The van der Waals surface area contributed by atoms with E-state index in [1.54, 1.807) is 0 Å². The molecule has 1 saturated heterocycles. The van der Waals surface area contributed by atoms with Crippen molar-refractivity contribution >= 4 is 31.9 Å². The normalized spacial score (nSPS) is 15.2. The maximum absolute atomic E-state index is 13.0. The van der Waals surface area contributed by atoms with E-state index < -0.39 is 16.0 Å². The van der Waals surface area contributed by atoms with Crippen LogP contribution in [0.15, 0.2) is 51.8 Å². The third kappa shape index (κ3) is 4.54. The van der Waals surface area contributed by atoms with E-state index in [1.165, 1.54) is 29.6 Å². The van der Waals surface area contributed by atoms with Crippen molar-refractivity contribution in [2.24, 2.45) is 0 Å². The van der Waals surface area contributed by atoms with Crippen molar-refractivity contribution in [3.05, 3.63) is 58.1 Å². The molecule has 0 unspecified atom stereocenters. The summed E-state index contributed by atoms with van der Waals surface area (Å²) in [6, 6.07) is 11.6. The Kier molecular flexibility index (Phi) is 6.71. The minimum Gasteiger partial charge on any atom is -0.495 e. The Hall–Kier alpha value is -1.94. The zero-order valence-electron chi connectivity index (χ0n) is 15.3. The highest BCUT2D eigenvalue weighted by Crippen LogP contribution is 2.29. The number of nitrogens with zero attached hydrogens (tertiary/aromatic N) is 1. The van der Waals surface area contributed by atoms with Gasteiger partial charge in [-0.05, 0) is 24.3 Å². The predicted octanol–water partition coefficient (Wildman–Crippen LogP) is 2.84. The van der Waals surface area contributed by atoms with Crippen LogP contribution in [0.5, 0.6) is 5.75 Å². The van der Waals surface area contributed by atoms with Gasteiger partial charge in [0.1, 0.15) is 17.3 Å². The predicted molar refractivity (Wildman–Crippen MR) is 106 cm³/mol. The number of sulfonamides is 1. The highest BCUT2D eigenvalue weighted by molar-refractivity contribution is 9.10. The maximum atomic E-state index is 13.0. The average Bonchev–Trinajstić information content (AvgIpc) is 2.73. The molecule has 150 valence electrons. The second-order valence-electron chi connectivity index (χ2n) is 6.05. The van der Waals surface area contributed by atoms with Crippen LogP contribution in [0.3, 0.4) is 0 Å². The number of methoxy groups -OCH3 is 1. The molecule has 0 aliphatic carbocycles. The van der Waals surface area contributed by atoms with Crippen molar-refractivity contribution in [3.8, 4) is 5.75 Å². The van der Waals surface area contributed by atoms with E-state index in [-0.39, 0.29) is 35.9 Å². The number of morpholine rings is 1. The molecule has 0 amide bonds. The molecule has 0 bridgehead atoms. The fourth-order valence-electron chi connectivity index (χ4n) is 2.77. The van der Waals surface area contributed by atoms with Gasteiger partial charge in [0, 0.05) is 23.1 Å². The Morgan fingerprint density at radius 2 is 1.89 bits per heavy atom. The van der Waals surface area contributed by atoms with Gasteiger partial charge in [-0.1, -0.05) is 34.1 Å². The van der Waals surface area contributed by atoms with Gasteiger partial charge < -0.3 is 14.2 Å². The number of hydrogen-bond acceptors (Lipinski definition) is 6. The molecule has 28 heavy (non-hydrogen) atoms. The Balaban J connectivity index is 1.84. The smallest absolute Gasteiger partial charge is 0.338 e. The van der Waals surface area contributed by atoms with Crippen molar-refractivity contribution < 1.29 is 27.4 Å². The summed E-state index contributed by atoms with van der Waals surface area (Å²) in [5.41, 5.74) is 0.949. The molecule has 9 heteroatoms. The Morgan fingerprint density at radius 3 is 2.57 bits per heavy atom. The Bertz CT molecular complexity index is 957. The monoisotopic (exact) mass is 469 g/mol. The fourth-order valence-corrected chi connectivity index (χ4v) is 4.76. The summed E-state index contributed by atoms with van der Waals surface area (Å²) in [6.45, 7) is 1.23. The maximum Gasteiger partial charge on any atom is 0.338 e. The molecule has 1 fully saturated rings. The van der Waals surface area contributed by atoms with Gasteiger partial charge in [0.2, 0.25) is 10.0 Å². The largest absolute Gasteiger partial charge is 0.495 e. The van der Waals surface area contributed by atoms with E-state index in [9.17, 15) is 13.2 Å². The van der Waals surface area contributed by atoms with Crippen molar-refractivity contribution in [1.82, 2.24) is 4.31 Å². The summed E-state index contributed by atoms with van der Waals surface area (Å²) in [7, 11) is -2.43. The van der Waals surface area contributed by atoms with Gasteiger partial charge in [-0.2, -0.15) is 4.31 Å². The second-order valence-corrected chi connectivity index (χ2v) is 8.81. The molecule has 2 aromatic carbocycles. The minimum absolute atomic E-state index is 0.0627. The van der Waals surface area contributed by atoms with Gasteiger partial charge in [0.25, 0.3) is 0 Å². The number of rotatable bonds is 6. The third-order valence-corrected chi connectivity index (χ3v) is 7.00. The van der Waals surface area contributed by atoms with Gasteiger partial charge in [-0.25, -0.2) is 13.2 Å². The topological polar surface area (TPSA) is 82.1 Å². The minimum atomic E-state index is -3.82. The SMILES string of the molecule is COc1ccc(C(=O)OCc2ccccc2Br)cc1S(=O)(=O)N1CCOCC1. The van der Waals surface area contributed by atoms with Gasteiger partial charge in [-0.15, -0.1) is 0 Å². The summed E-state index contributed by atoms with van der Waals surface area (Å²) in [5, 5.41) is 0. The van der Waals surface area contributed by atoms with Gasteiger partial charge >= 0.3 is 5.97 Å². The van der Waals surface area contributed by atoms with E-state index in [0.29, 0.717) is 13.2 Å². The zero-order chi connectivity index (χ0) is 20.1. The molecule has 2 aromatic rings. The number of benzene rings is 2. The highest BCUT2D eigenvalue weighted by Gasteiger charge is 2.30. The molecule has 1 heterocycles. The van der Waals surface area contributed by atoms with Gasteiger partial charge in [-0.3, -0.25) is 0 Å². The molecule has 0 aromatic heterocycles. The summed E-state index contributed by atoms with van der Waals surface area (Å²) in [5.74, 6) is -0.439. The Morgan fingerprint density at radius 1 is 1.18 bits per heavy atom. The summed E-state index contributed by atoms with van der Waals surface area (Å²) < 4.78 is 43.9. The molecule has 0 atom stereocenters. The summed E-state index contributed by atoms with van der Waals surface area (Å²) >= 11 is 3.40. The standard InChI is InChI=1S/C19H20BrNO6S/c1-25-17-7-6-14(19(22)27-13-15-4-2-3-5-16(15)20)12-18(17)28(23,24)21-8-10-26-11-9-21/h2-7,12H,8-11,13H2,1H3. The molecular weight excluding hydrogens is 450 g/mol. The molecular formula is C19H20BrNO6S. The van der Waals surface area contributed by atoms with Crippen LogP contribution in [0.4, 0.5) is 0 Å². The zero-order valence-corrected chi connectivity index (χ0v) is 17.7. The van der Waals surface area contributed by atoms with Gasteiger partial charge in [0.15, 0.2) is 0 Å². The van der Waals surface area contributed by atoms with Crippen LogP contribution in [0.2, 0.25) is 0 Å². The average molecular weight is 470 g/mol. The van der Waals surface area contributed by atoms with Crippen molar-refractivity contribution in [2.75, 3.05) is 33.4 Å². The summed E-state index contributed by atoms with van der Waals surface area (Å²) in [6.07, 6.45) is 0. The lowest BCUT2D eigenvalue weighted by atomic mass is 10.2. The number of halogens is 1. The Labute approximate surface area is 172 Å². The second kappa shape index (κ2) is 9.04. The number of esters is 1. The lowest BCUT2D eigenvalue weighted by Gasteiger charge is -2.26. The number of hydrogen-bond donors (Lipinski definition) is 0. The molecule has 1 aliphatic heterocycles. The summed E-state index contributed by atoms with van der Waals surface area (Å²) in [4.78, 5) is 12.4. The lowest BCUT2D eigenvalue weighted by molar-refractivity contribution is 0.0471. The highest BCUT2D eigenvalue weighted by atomic mass is 79.9. The third-order valence-electron chi connectivity index (χ3n) is 4.30. The quantitative estimate of drug-likeness (QED) is 0.604. The first-order valence-electron chi connectivity index (χ1n) is 8.60. The first-order valence-corrected chi connectivity index (χ1v) is 10.8. The number of carbonyl (C=O) groups is 1. The van der Waals surface area contributed by atoms with Gasteiger partial charge in [0.05, 0.1) is 25.9 Å². The van der Waals surface area contributed by atoms with Crippen LogP contribution < -0.4 is 4.74 Å². The van der Waals surface area contributed by atoms with Crippen molar-refractivity contribution in [3.63, 3.8) is 0 Å². The molecule has 0 N–H and O–H groups in total. The van der Waals surface area contributed by atoms with Crippen molar-refractivity contribution in [1.29, 1.82) is 0 Å². The van der Waals surface area contributed by atoms with E-state index >= 15 is 0 Å². The fraction of sp³-hybridized carbons (Fsp3) is 0.316. The van der Waals surface area contributed by atoms with E-state index in [4.69, 9.17) is 14.2 Å². The molecule has 0 radical (unpaired) electrons. The van der Waals surface area contributed by atoms with E-state index in [0.717, 1.165) is 10.0 Å². The first kappa shape index (κ1) is 20.8. The molecule has 3 rings (SSSR count). The molecule has 0 spiro atoms. The van der Waals surface area contributed by atoms with Crippen LogP contribution in [0.1, 0.15) is 15.9 Å². The molecule has 0 saturated carbocycles. The molecule has 7 nitrogen and oxygen atoms in total. The van der Waals surface area contributed by atoms with Crippen molar-refractivity contribution in [2.45, 2.75) is 11.5 Å². The molecule has 1 aliphatic rings. The number of ether oxygens (including phenoxy) is 3. The van der Waals surface area contributed by atoms with Crippen LogP contribution in [-0.4, -0.2) is 52.1 Å². The lowest BCUT2D eigenvalue weighted by Crippen LogP contribution is -2.40. The van der Waals surface area contributed by atoms with Crippen LogP contribution >= 0.6 is 15.9 Å². The van der Waals surface area contributed by atoms with Crippen LogP contribution in [-0.2, 0) is 26.1 Å². The van der Waals surface area contributed by atoms with E-state index in [2.05, 4.69) is 15.9 Å². The first-order chi connectivity index (χ1) is 13.4. The van der Waals surface area contributed by atoms with Crippen LogP contribution in [0, 0.1) is 0 Å². The van der Waals surface area contributed by atoms with E-state index in [1.807, 2.05) is 24.3 Å². The van der Waals surface area contributed by atoms with Crippen LogP contribution in [0.25, 0.3) is 0 Å².